The summed E-state index contributed by atoms with van der Waals surface area (Å²) in [6.45, 7) is 3.09. The molecule has 0 aliphatic carbocycles. The molecule has 4 nitrogen and oxygen atoms in total. The van der Waals surface area contributed by atoms with Gasteiger partial charge in [-0.1, -0.05) is 18.2 Å². The number of hydrogen-bond acceptors (Lipinski definition) is 4. The summed E-state index contributed by atoms with van der Waals surface area (Å²) in [4.78, 5) is 8.90. The van der Waals surface area contributed by atoms with E-state index in [2.05, 4.69) is 31.2 Å². The molecule has 0 atom stereocenters. The fraction of sp³-hybridized carbons (Fsp3) is 0.333. The summed E-state index contributed by atoms with van der Waals surface area (Å²) < 4.78 is 19.7. The third-order valence-electron chi connectivity index (χ3n) is 2.90. The summed E-state index contributed by atoms with van der Waals surface area (Å²) in [5.41, 5.74) is 1.32. The Morgan fingerprint density at radius 1 is 1.29 bits per heavy atom. The first-order valence-electron chi connectivity index (χ1n) is 6.67. The maximum Gasteiger partial charge on any atom is 0.144 e. The molecule has 0 saturated carbocycles. The van der Waals surface area contributed by atoms with Gasteiger partial charge in [0.15, 0.2) is 0 Å². The van der Waals surface area contributed by atoms with Crippen molar-refractivity contribution in [1.29, 1.82) is 0 Å². The second kappa shape index (κ2) is 7.47. The normalized spacial score (nSPS) is 10.7. The zero-order valence-electron chi connectivity index (χ0n) is 12.0. The molecule has 0 fully saturated rings. The second-order valence-electron chi connectivity index (χ2n) is 4.48. The number of aromatic nitrogens is 2. The molecule has 1 N–H and O–H groups in total. The number of hydrogen-bond donors (Lipinski definition) is 1. The largest absolute Gasteiger partial charge is 0.378 e. The lowest BCUT2D eigenvalue weighted by Crippen LogP contribution is -2.09. The van der Waals surface area contributed by atoms with E-state index < -0.39 is 0 Å². The van der Waals surface area contributed by atoms with Crippen LogP contribution in [0.3, 0.4) is 0 Å². The lowest BCUT2D eigenvalue weighted by Gasteiger charge is -2.12. The summed E-state index contributed by atoms with van der Waals surface area (Å²) in [6.07, 6.45) is 0.342. The average molecular weight is 354 g/mol. The molecular weight excluding hydrogens is 337 g/mol. The molecule has 21 heavy (non-hydrogen) atoms. The molecule has 112 valence electrons. The van der Waals surface area contributed by atoms with Gasteiger partial charge in [-0.15, -0.1) is 0 Å². The van der Waals surface area contributed by atoms with Crippen LogP contribution in [0.1, 0.15) is 24.0 Å². The Balaban J connectivity index is 2.36. The van der Waals surface area contributed by atoms with E-state index in [1.807, 2.05) is 6.92 Å². The Morgan fingerprint density at radius 3 is 2.71 bits per heavy atom. The van der Waals surface area contributed by atoms with Crippen LogP contribution in [0.2, 0.25) is 0 Å². The lowest BCUT2D eigenvalue weighted by molar-refractivity contribution is 0.180. The summed E-state index contributed by atoms with van der Waals surface area (Å²) >= 11 is 3.48. The number of nitrogens with zero attached hydrogens (tertiary/aromatic N) is 2. The van der Waals surface area contributed by atoms with Gasteiger partial charge in [-0.3, -0.25) is 0 Å². The number of rotatable bonds is 6. The monoisotopic (exact) mass is 353 g/mol. The minimum atomic E-state index is -0.248. The van der Waals surface area contributed by atoms with Crippen molar-refractivity contribution in [2.24, 2.45) is 0 Å². The molecule has 0 radical (unpaired) electrons. The predicted octanol–water partition coefficient (Wildman–Crippen LogP) is 3.55. The summed E-state index contributed by atoms with van der Waals surface area (Å²) in [7, 11) is 1.61. The SMILES string of the molecule is CCNc1nc(Cc2ccccc2F)nc(COC)c1Br. The smallest absolute Gasteiger partial charge is 0.144 e. The van der Waals surface area contributed by atoms with E-state index in [-0.39, 0.29) is 5.82 Å². The highest BCUT2D eigenvalue weighted by atomic mass is 79.9. The van der Waals surface area contributed by atoms with Crippen LogP contribution in [0, 0.1) is 5.82 Å². The van der Waals surface area contributed by atoms with Gasteiger partial charge in [-0.25, -0.2) is 14.4 Å². The highest BCUT2D eigenvalue weighted by Crippen LogP contribution is 2.25. The third kappa shape index (κ3) is 3.98. The maximum atomic E-state index is 13.7. The Bertz CT molecular complexity index is 595. The van der Waals surface area contributed by atoms with E-state index in [1.54, 1.807) is 25.3 Å². The van der Waals surface area contributed by atoms with Gasteiger partial charge in [0, 0.05) is 20.1 Å². The van der Waals surface area contributed by atoms with Crippen molar-refractivity contribution in [3.05, 3.63) is 51.6 Å². The van der Waals surface area contributed by atoms with Crippen molar-refractivity contribution in [2.45, 2.75) is 20.0 Å². The Hall–Kier alpha value is -1.53. The van der Waals surface area contributed by atoms with Crippen molar-refractivity contribution in [3.8, 4) is 0 Å². The molecule has 1 aromatic heterocycles. The first-order valence-corrected chi connectivity index (χ1v) is 7.46. The van der Waals surface area contributed by atoms with Gasteiger partial charge in [0.1, 0.15) is 17.5 Å². The zero-order chi connectivity index (χ0) is 15.2. The van der Waals surface area contributed by atoms with Crippen LogP contribution in [-0.4, -0.2) is 23.6 Å². The maximum absolute atomic E-state index is 13.7. The topological polar surface area (TPSA) is 47.0 Å². The van der Waals surface area contributed by atoms with Gasteiger partial charge in [0.05, 0.1) is 16.8 Å². The molecule has 0 bridgehead atoms. The van der Waals surface area contributed by atoms with Gasteiger partial charge >= 0.3 is 0 Å². The van der Waals surface area contributed by atoms with E-state index in [0.717, 1.165) is 16.7 Å². The fourth-order valence-corrected chi connectivity index (χ4v) is 2.38. The van der Waals surface area contributed by atoms with Crippen molar-refractivity contribution >= 4 is 21.7 Å². The molecule has 1 aromatic carbocycles. The molecule has 2 rings (SSSR count). The number of benzene rings is 1. The van der Waals surface area contributed by atoms with E-state index in [4.69, 9.17) is 4.74 Å². The quantitative estimate of drug-likeness (QED) is 0.862. The van der Waals surface area contributed by atoms with E-state index in [9.17, 15) is 4.39 Å². The van der Waals surface area contributed by atoms with Crippen LogP contribution in [0.15, 0.2) is 28.7 Å². The van der Waals surface area contributed by atoms with Crippen molar-refractivity contribution < 1.29 is 9.13 Å². The number of anilines is 1. The number of methoxy groups -OCH3 is 1. The van der Waals surface area contributed by atoms with Crippen LogP contribution in [-0.2, 0) is 17.8 Å². The van der Waals surface area contributed by atoms with E-state index >= 15 is 0 Å². The molecule has 0 spiro atoms. The Labute approximate surface area is 131 Å². The number of ether oxygens (including phenoxy) is 1. The number of nitrogens with one attached hydrogen (secondary N) is 1. The predicted molar refractivity (Wildman–Crippen MR) is 83.8 cm³/mol. The van der Waals surface area contributed by atoms with Gasteiger partial charge in [-0.05, 0) is 34.5 Å². The Morgan fingerprint density at radius 2 is 2.05 bits per heavy atom. The fourth-order valence-electron chi connectivity index (χ4n) is 1.95. The van der Waals surface area contributed by atoms with Crippen LogP contribution in [0.5, 0.6) is 0 Å². The van der Waals surface area contributed by atoms with Crippen LogP contribution in [0.25, 0.3) is 0 Å². The molecule has 6 heteroatoms. The van der Waals surface area contributed by atoms with E-state index in [0.29, 0.717) is 30.2 Å². The van der Waals surface area contributed by atoms with Gasteiger partial charge in [0.25, 0.3) is 0 Å². The second-order valence-corrected chi connectivity index (χ2v) is 5.27. The minimum absolute atomic E-state index is 0.248. The standard InChI is InChI=1S/C15H17BrFN3O/c1-3-18-15-14(16)12(9-21-2)19-13(20-15)8-10-6-4-5-7-11(10)17/h4-7H,3,8-9H2,1-2H3,(H,18,19,20). The first-order chi connectivity index (χ1) is 10.2. The zero-order valence-corrected chi connectivity index (χ0v) is 13.6. The molecule has 2 aromatic rings. The van der Waals surface area contributed by atoms with Crippen molar-refractivity contribution in [1.82, 2.24) is 9.97 Å². The molecule has 0 aliphatic rings. The van der Waals surface area contributed by atoms with Crippen molar-refractivity contribution in [3.63, 3.8) is 0 Å². The molecular formula is C15H17BrFN3O. The first kappa shape index (κ1) is 15.9. The van der Waals surface area contributed by atoms with Gasteiger partial charge in [-0.2, -0.15) is 0 Å². The molecule has 1 heterocycles. The minimum Gasteiger partial charge on any atom is -0.378 e. The van der Waals surface area contributed by atoms with Gasteiger partial charge < -0.3 is 10.1 Å². The van der Waals surface area contributed by atoms with Gasteiger partial charge in [0.2, 0.25) is 0 Å². The lowest BCUT2D eigenvalue weighted by atomic mass is 10.1. The third-order valence-corrected chi connectivity index (χ3v) is 3.73. The molecule has 0 unspecified atom stereocenters. The molecule has 0 saturated heterocycles. The molecule has 0 amide bonds. The number of halogens is 2. The van der Waals surface area contributed by atoms with Crippen LogP contribution < -0.4 is 5.32 Å². The highest BCUT2D eigenvalue weighted by molar-refractivity contribution is 9.10. The summed E-state index contributed by atoms with van der Waals surface area (Å²) in [5.74, 6) is 1.01. The highest BCUT2D eigenvalue weighted by Gasteiger charge is 2.13. The average Bonchev–Trinajstić information content (AvgIpc) is 2.47. The van der Waals surface area contributed by atoms with Crippen LogP contribution in [0.4, 0.5) is 10.2 Å². The summed E-state index contributed by atoms with van der Waals surface area (Å²) in [6, 6.07) is 6.65. The Kier molecular flexibility index (Phi) is 5.64. The molecule has 0 aliphatic heterocycles. The summed E-state index contributed by atoms with van der Waals surface area (Å²) in [5, 5.41) is 3.17. The van der Waals surface area contributed by atoms with E-state index in [1.165, 1.54) is 6.07 Å². The van der Waals surface area contributed by atoms with Crippen molar-refractivity contribution in [2.75, 3.05) is 19.0 Å². The van der Waals surface area contributed by atoms with Crippen LogP contribution >= 0.6 is 15.9 Å².